The van der Waals surface area contributed by atoms with Gasteiger partial charge in [0, 0.05) is 12.6 Å². The van der Waals surface area contributed by atoms with Gasteiger partial charge in [-0.25, -0.2) is 10.0 Å². The molecule has 2 amide bonds. The number of nitrogens with two attached hydrogens (primary N) is 2. The monoisotopic (exact) mass is 253 g/mol. The minimum atomic E-state index is -0.283. The van der Waals surface area contributed by atoms with Crippen molar-refractivity contribution in [2.45, 2.75) is 50.0 Å². The van der Waals surface area contributed by atoms with Gasteiger partial charge in [0.15, 0.2) is 0 Å². The molecule has 3 unspecified atom stereocenters. The molecule has 0 aromatic carbocycles. The van der Waals surface area contributed by atoms with Crippen LogP contribution in [-0.4, -0.2) is 52.7 Å². The third-order valence-electron chi connectivity index (χ3n) is 4.27. The zero-order valence-electron chi connectivity index (χ0n) is 10.2. The van der Waals surface area contributed by atoms with Crippen molar-refractivity contribution < 1.29 is 9.59 Å². The highest BCUT2D eigenvalue weighted by Gasteiger charge is 2.58. The second-order valence-corrected chi connectivity index (χ2v) is 5.33. The third kappa shape index (κ3) is 1.79. The van der Waals surface area contributed by atoms with E-state index in [2.05, 4.69) is 15.3 Å². The number of rotatable bonds is 3. The van der Waals surface area contributed by atoms with E-state index in [9.17, 15) is 9.59 Å². The minimum absolute atomic E-state index is 0.135. The molecule has 6 atom stereocenters. The molecule has 0 radical (unpaired) electrons. The number of piperidine rings is 1. The summed E-state index contributed by atoms with van der Waals surface area (Å²) >= 11 is 0. The van der Waals surface area contributed by atoms with E-state index in [-0.39, 0.29) is 23.9 Å². The van der Waals surface area contributed by atoms with E-state index in [1.807, 2.05) is 0 Å². The predicted octanol–water partition coefficient (Wildman–Crippen LogP) is -1.90. The summed E-state index contributed by atoms with van der Waals surface area (Å²) in [6, 6.07) is 0.0135. The zero-order chi connectivity index (χ0) is 12.9. The van der Waals surface area contributed by atoms with E-state index in [0.29, 0.717) is 12.2 Å². The van der Waals surface area contributed by atoms with Gasteiger partial charge in [-0.2, -0.15) is 0 Å². The maximum absolute atomic E-state index is 11.3. The Bertz CT molecular complexity index is 380. The molecule has 0 spiro atoms. The molecule has 3 aliphatic rings. The van der Waals surface area contributed by atoms with Crippen molar-refractivity contribution in [3.63, 3.8) is 0 Å². The van der Waals surface area contributed by atoms with Crippen LogP contribution in [-0.2, 0) is 9.59 Å². The van der Waals surface area contributed by atoms with Crippen LogP contribution < -0.4 is 16.8 Å². The molecule has 3 fully saturated rings. The Balaban J connectivity index is 1.57. The second-order valence-electron chi connectivity index (χ2n) is 5.33. The smallest absolute Gasteiger partial charge is 0.236 e. The van der Waals surface area contributed by atoms with E-state index < -0.39 is 0 Å². The number of hydrogen-bond acceptors (Lipinski definition) is 5. The molecular weight excluding hydrogens is 234 g/mol. The molecule has 0 aromatic heterocycles. The number of amides is 2. The van der Waals surface area contributed by atoms with Gasteiger partial charge in [0.1, 0.15) is 6.04 Å². The van der Waals surface area contributed by atoms with E-state index in [0.717, 1.165) is 32.2 Å². The topological polar surface area (TPSA) is 104 Å². The summed E-state index contributed by atoms with van der Waals surface area (Å²) < 4.78 is 0. The average molecular weight is 253 g/mol. The number of carbonyl (C=O) groups excluding carboxylic acids is 2. The van der Waals surface area contributed by atoms with Gasteiger partial charge in [-0.3, -0.25) is 9.59 Å². The number of hydrogen-bond donors (Lipinski definition) is 3. The molecule has 7 nitrogen and oxygen atoms in total. The Morgan fingerprint density at radius 3 is 2.33 bits per heavy atom. The molecule has 3 aliphatic heterocycles. The van der Waals surface area contributed by atoms with E-state index in [1.54, 1.807) is 0 Å². The Morgan fingerprint density at radius 1 is 1.00 bits per heavy atom. The molecule has 18 heavy (non-hydrogen) atoms. The molecule has 0 aliphatic carbocycles. The SMILES string of the molecule is NC(=O)[C@@H]1CC[C@@H](N2C3CC[C@@H](C(N)=O)N32)CN1. The summed E-state index contributed by atoms with van der Waals surface area (Å²) in [5.41, 5.74) is 10.7. The van der Waals surface area contributed by atoms with Gasteiger partial charge in [-0.1, -0.05) is 0 Å². The van der Waals surface area contributed by atoms with E-state index >= 15 is 0 Å². The molecule has 0 bridgehead atoms. The lowest BCUT2D eigenvalue weighted by molar-refractivity contribution is -0.122. The van der Waals surface area contributed by atoms with Gasteiger partial charge < -0.3 is 16.8 Å². The van der Waals surface area contributed by atoms with Gasteiger partial charge in [0.25, 0.3) is 0 Å². The number of nitrogens with one attached hydrogen (secondary N) is 1. The normalized spacial score (nSPS) is 46.4. The van der Waals surface area contributed by atoms with Crippen molar-refractivity contribution in [1.29, 1.82) is 0 Å². The standard InChI is InChI=1S/C11H19N5O2/c12-10(17)7-2-1-6(5-14-7)15-9-4-3-8(11(13)18)16(9)15/h6-9,14H,1-5H2,(H2,12,17)(H2,13,18)/t6-,7+,8+,9?,15?,16?/m1/s1. The van der Waals surface area contributed by atoms with Gasteiger partial charge in [0.2, 0.25) is 11.8 Å². The Kier molecular flexibility index (Phi) is 2.76. The van der Waals surface area contributed by atoms with Gasteiger partial charge in [0.05, 0.1) is 12.2 Å². The van der Waals surface area contributed by atoms with Crippen molar-refractivity contribution in [3.05, 3.63) is 0 Å². The first-order chi connectivity index (χ1) is 8.59. The molecule has 3 heterocycles. The van der Waals surface area contributed by atoms with Gasteiger partial charge >= 0.3 is 0 Å². The maximum atomic E-state index is 11.3. The predicted molar refractivity (Wildman–Crippen MR) is 63.7 cm³/mol. The number of fused-ring (bicyclic) bond motifs is 1. The maximum Gasteiger partial charge on any atom is 0.236 e. The Labute approximate surface area is 105 Å². The molecule has 3 saturated heterocycles. The highest BCUT2D eigenvalue weighted by molar-refractivity contribution is 5.80. The van der Waals surface area contributed by atoms with E-state index in [1.165, 1.54) is 0 Å². The molecule has 0 aromatic rings. The summed E-state index contributed by atoms with van der Waals surface area (Å²) in [4.78, 5) is 22.3. The fraction of sp³-hybridized carbons (Fsp3) is 0.818. The van der Waals surface area contributed by atoms with Crippen molar-refractivity contribution in [1.82, 2.24) is 15.3 Å². The number of nitrogens with zero attached hydrogens (tertiary/aromatic N) is 2. The molecular formula is C11H19N5O2. The van der Waals surface area contributed by atoms with Crippen LogP contribution in [0.25, 0.3) is 0 Å². The highest BCUT2D eigenvalue weighted by atomic mass is 16.2. The molecule has 3 rings (SSSR count). The molecule has 100 valence electrons. The first kappa shape index (κ1) is 11.9. The second kappa shape index (κ2) is 4.18. The third-order valence-corrected chi connectivity index (χ3v) is 4.27. The number of carbonyl (C=O) groups is 2. The molecule has 0 saturated carbocycles. The van der Waals surface area contributed by atoms with Crippen LogP contribution in [0.15, 0.2) is 0 Å². The van der Waals surface area contributed by atoms with Crippen molar-refractivity contribution >= 4 is 11.8 Å². The lowest BCUT2D eigenvalue weighted by Gasteiger charge is -2.30. The van der Waals surface area contributed by atoms with Crippen LogP contribution in [0.4, 0.5) is 0 Å². The first-order valence-electron chi connectivity index (χ1n) is 6.48. The Morgan fingerprint density at radius 2 is 1.78 bits per heavy atom. The van der Waals surface area contributed by atoms with Gasteiger partial charge in [-0.05, 0) is 25.7 Å². The minimum Gasteiger partial charge on any atom is -0.368 e. The van der Waals surface area contributed by atoms with Crippen molar-refractivity contribution in [2.24, 2.45) is 11.5 Å². The lowest BCUT2D eigenvalue weighted by atomic mass is 10.00. The summed E-state index contributed by atoms with van der Waals surface area (Å²) in [6.45, 7) is 0.742. The zero-order valence-corrected chi connectivity index (χ0v) is 10.2. The summed E-state index contributed by atoms with van der Waals surface area (Å²) in [5.74, 6) is -0.520. The largest absolute Gasteiger partial charge is 0.368 e. The summed E-state index contributed by atoms with van der Waals surface area (Å²) in [5, 5.41) is 7.50. The van der Waals surface area contributed by atoms with Crippen LogP contribution >= 0.6 is 0 Å². The quantitative estimate of drug-likeness (QED) is 0.510. The summed E-state index contributed by atoms with van der Waals surface area (Å²) in [6.07, 6.45) is 3.93. The Hall–Kier alpha value is -1.18. The number of primary amides is 2. The molecule has 5 N–H and O–H groups in total. The van der Waals surface area contributed by atoms with E-state index in [4.69, 9.17) is 11.5 Å². The van der Waals surface area contributed by atoms with Crippen LogP contribution in [0.1, 0.15) is 25.7 Å². The van der Waals surface area contributed by atoms with Crippen LogP contribution in [0, 0.1) is 0 Å². The van der Waals surface area contributed by atoms with Gasteiger partial charge in [-0.15, -0.1) is 0 Å². The molecule has 7 heteroatoms. The fourth-order valence-electron chi connectivity index (χ4n) is 3.33. The van der Waals surface area contributed by atoms with Crippen molar-refractivity contribution in [2.75, 3.05) is 6.54 Å². The lowest BCUT2D eigenvalue weighted by Crippen LogP contribution is -2.51. The van der Waals surface area contributed by atoms with Crippen LogP contribution in [0.5, 0.6) is 0 Å². The number of hydrazine groups is 1. The van der Waals surface area contributed by atoms with Crippen LogP contribution in [0.3, 0.4) is 0 Å². The van der Waals surface area contributed by atoms with Crippen LogP contribution in [0.2, 0.25) is 0 Å². The van der Waals surface area contributed by atoms with Crippen molar-refractivity contribution in [3.8, 4) is 0 Å². The first-order valence-corrected chi connectivity index (χ1v) is 6.48. The fourth-order valence-corrected chi connectivity index (χ4v) is 3.33. The summed E-state index contributed by atoms with van der Waals surface area (Å²) in [7, 11) is 0. The average Bonchev–Trinajstić information content (AvgIpc) is 2.88. The highest BCUT2D eigenvalue weighted by Crippen LogP contribution is 2.44.